The molecule has 1 heterocycles. The second-order valence-electron chi connectivity index (χ2n) is 4.25. The Morgan fingerprint density at radius 3 is 2.70 bits per heavy atom. The monoisotopic (exact) mass is 273 g/mol. The third kappa shape index (κ3) is 3.50. The highest BCUT2D eigenvalue weighted by atomic mass is 16.5. The van der Waals surface area contributed by atoms with Crippen molar-refractivity contribution in [3.05, 3.63) is 30.3 Å². The average Bonchev–Trinajstić information content (AvgIpc) is 2.45. The Morgan fingerprint density at radius 1 is 1.20 bits per heavy atom. The van der Waals surface area contributed by atoms with Crippen LogP contribution in [0.5, 0.6) is 5.75 Å². The fourth-order valence-corrected chi connectivity index (χ4v) is 1.76. The van der Waals surface area contributed by atoms with Crippen molar-refractivity contribution >= 4 is 23.3 Å². The van der Waals surface area contributed by atoms with Gasteiger partial charge in [0.25, 0.3) is 0 Å². The van der Waals surface area contributed by atoms with E-state index in [0.29, 0.717) is 11.6 Å². The molecule has 1 aromatic heterocycles. The topological polar surface area (TPSA) is 85.1 Å². The first-order valence-electron chi connectivity index (χ1n) is 6.51. The molecule has 0 fully saturated rings. The molecular weight excluding hydrogens is 254 g/mol. The van der Waals surface area contributed by atoms with E-state index < -0.39 is 0 Å². The van der Waals surface area contributed by atoms with E-state index in [9.17, 15) is 0 Å². The van der Waals surface area contributed by atoms with Crippen LogP contribution in [0.4, 0.5) is 23.3 Å². The molecule has 0 unspecified atom stereocenters. The number of rotatable bonds is 6. The van der Waals surface area contributed by atoms with E-state index >= 15 is 0 Å². The summed E-state index contributed by atoms with van der Waals surface area (Å²) in [6.07, 6.45) is 1.01. The third-order valence-electron chi connectivity index (χ3n) is 2.67. The maximum atomic E-state index is 5.72. The highest BCUT2D eigenvalue weighted by molar-refractivity contribution is 5.66. The molecule has 106 valence electrons. The molecule has 0 atom stereocenters. The number of para-hydroxylation sites is 2. The van der Waals surface area contributed by atoms with Crippen molar-refractivity contribution in [3.63, 3.8) is 0 Å². The predicted octanol–water partition coefficient (Wildman–Crippen LogP) is 2.63. The molecule has 0 saturated carbocycles. The number of nitrogens with one attached hydrogen (secondary N) is 2. The van der Waals surface area contributed by atoms with Crippen molar-refractivity contribution in [1.82, 2.24) is 9.97 Å². The molecule has 6 heteroatoms. The maximum Gasteiger partial charge on any atom is 0.223 e. The average molecular weight is 273 g/mol. The molecule has 2 aromatic rings. The molecule has 6 nitrogen and oxygen atoms in total. The molecule has 0 radical (unpaired) electrons. The fourth-order valence-electron chi connectivity index (χ4n) is 1.76. The van der Waals surface area contributed by atoms with Gasteiger partial charge in [0.15, 0.2) is 0 Å². The van der Waals surface area contributed by atoms with Gasteiger partial charge in [0.05, 0.1) is 12.8 Å². The van der Waals surface area contributed by atoms with Gasteiger partial charge in [-0.1, -0.05) is 19.1 Å². The second-order valence-corrected chi connectivity index (χ2v) is 4.25. The fraction of sp³-hybridized carbons (Fsp3) is 0.286. The minimum absolute atomic E-state index is 0.225. The Labute approximate surface area is 118 Å². The van der Waals surface area contributed by atoms with E-state index in [-0.39, 0.29) is 5.95 Å². The van der Waals surface area contributed by atoms with E-state index in [1.807, 2.05) is 30.3 Å². The molecule has 1 aromatic carbocycles. The summed E-state index contributed by atoms with van der Waals surface area (Å²) in [7, 11) is 1.63. The number of aromatic nitrogens is 2. The van der Waals surface area contributed by atoms with Gasteiger partial charge in [-0.05, 0) is 18.6 Å². The van der Waals surface area contributed by atoms with Crippen LogP contribution in [0.25, 0.3) is 0 Å². The third-order valence-corrected chi connectivity index (χ3v) is 2.67. The summed E-state index contributed by atoms with van der Waals surface area (Å²) >= 11 is 0. The van der Waals surface area contributed by atoms with Crippen LogP contribution >= 0.6 is 0 Å². The minimum Gasteiger partial charge on any atom is -0.495 e. The molecule has 0 aliphatic rings. The summed E-state index contributed by atoms with van der Waals surface area (Å²) in [4.78, 5) is 8.31. The van der Waals surface area contributed by atoms with E-state index in [1.165, 1.54) is 0 Å². The molecule has 0 saturated heterocycles. The smallest absolute Gasteiger partial charge is 0.223 e. The zero-order valence-electron chi connectivity index (χ0n) is 11.7. The number of benzene rings is 1. The maximum absolute atomic E-state index is 5.72. The van der Waals surface area contributed by atoms with E-state index in [1.54, 1.807) is 7.11 Å². The summed E-state index contributed by atoms with van der Waals surface area (Å²) in [6, 6.07) is 9.44. The molecule has 0 amide bonds. The molecule has 2 rings (SSSR count). The van der Waals surface area contributed by atoms with Crippen LogP contribution in [0.3, 0.4) is 0 Å². The lowest BCUT2D eigenvalue weighted by molar-refractivity contribution is 0.417. The number of anilines is 4. The van der Waals surface area contributed by atoms with Crippen molar-refractivity contribution in [2.75, 3.05) is 30.0 Å². The van der Waals surface area contributed by atoms with Crippen molar-refractivity contribution in [3.8, 4) is 5.75 Å². The van der Waals surface area contributed by atoms with E-state index in [0.717, 1.165) is 24.4 Å². The van der Waals surface area contributed by atoms with Gasteiger partial charge < -0.3 is 21.1 Å². The lowest BCUT2D eigenvalue weighted by Gasteiger charge is -2.12. The lowest BCUT2D eigenvalue weighted by Crippen LogP contribution is -2.07. The molecule has 4 N–H and O–H groups in total. The zero-order valence-corrected chi connectivity index (χ0v) is 11.7. The molecule has 20 heavy (non-hydrogen) atoms. The predicted molar refractivity (Wildman–Crippen MR) is 81.5 cm³/mol. The first-order valence-corrected chi connectivity index (χ1v) is 6.51. The van der Waals surface area contributed by atoms with Gasteiger partial charge in [-0.25, -0.2) is 0 Å². The SMILES string of the molecule is CCCNc1cc(Nc2ccccc2OC)nc(N)n1. The number of methoxy groups -OCH3 is 1. The van der Waals surface area contributed by atoms with Crippen molar-refractivity contribution in [2.24, 2.45) is 0 Å². The van der Waals surface area contributed by atoms with Crippen LogP contribution in [-0.4, -0.2) is 23.6 Å². The molecular formula is C14H19N5O. The van der Waals surface area contributed by atoms with Crippen molar-refractivity contribution in [2.45, 2.75) is 13.3 Å². The van der Waals surface area contributed by atoms with Crippen LogP contribution in [0.2, 0.25) is 0 Å². The first-order chi connectivity index (χ1) is 9.72. The van der Waals surface area contributed by atoms with Gasteiger partial charge in [0.1, 0.15) is 17.4 Å². The van der Waals surface area contributed by atoms with Crippen LogP contribution in [-0.2, 0) is 0 Å². The lowest BCUT2D eigenvalue weighted by atomic mass is 10.3. The Hall–Kier alpha value is -2.50. The standard InChI is InChI=1S/C14H19N5O/c1-3-8-16-12-9-13(19-14(15)18-12)17-10-6-4-5-7-11(10)20-2/h4-7,9H,3,8H2,1-2H3,(H4,15,16,17,18,19). The summed E-state index contributed by atoms with van der Waals surface area (Å²) in [6.45, 7) is 2.93. The summed E-state index contributed by atoms with van der Waals surface area (Å²) in [5.41, 5.74) is 6.55. The molecule has 0 bridgehead atoms. The van der Waals surface area contributed by atoms with Crippen LogP contribution in [0.1, 0.15) is 13.3 Å². The number of ether oxygens (including phenoxy) is 1. The van der Waals surface area contributed by atoms with E-state index in [4.69, 9.17) is 10.5 Å². The van der Waals surface area contributed by atoms with Gasteiger partial charge in [0.2, 0.25) is 5.95 Å². The van der Waals surface area contributed by atoms with Gasteiger partial charge in [-0.2, -0.15) is 9.97 Å². The molecule has 0 spiro atoms. The first kappa shape index (κ1) is 13.9. The van der Waals surface area contributed by atoms with Crippen LogP contribution < -0.4 is 21.1 Å². The number of nitrogens with two attached hydrogens (primary N) is 1. The van der Waals surface area contributed by atoms with Gasteiger partial charge >= 0.3 is 0 Å². The van der Waals surface area contributed by atoms with Gasteiger partial charge in [-0.15, -0.1) is 0 Å². The summed E-state index contributed by atoms with van der Waals surface area (Å²) in [5, 5.41) is 6.37. The number of nitrogen functional groups attached to an aromatic ring is 1. The summed E-state index contributed by atoms with van der Waals surface area (Å²) < 4.78 is 5.29. The van der Waals surface area contributed by atoms with Crippen molar-refractivity contribution in [1.29, 1.82) is 0 Å². The van der Waals surface area contributed by atoms with Gasteiger partial charge in [-0.3, -0.25) is 0 Å². The Kier molecular flexibility index (Phi) is 4.60. The second kappa shape index (κ2) is 6.60. The van der Waals surface area contributed by atoms with Crippen molar-refractivity contribution < 1.29 is 4.74 Å². The van der Waals surface area contributed by atoms with Crippen LogP contribution in [0, 0.1) is 0 Å². The number of nitrogens with zero attached hydrogens (tertiary/aromatic N) is 2. The van der Waals surface area contributed by atoms with Gasteiger partial charge in [0, 0.05) is 12.6 Å². The number of hydrogen-bond acceptors (Lipinski definition) is 6. The minimum atomic E-state index is 0.225. The Bertz CT molecular complexity index is 573. The zero-order chi connectivity index (χ0) is 14.4. The summed E-state index contributed by atoms with van der Waals surface area (Å²) in [5.74, 6) is 2.30. The Balaban J connectivity index is 2.22. The highest BCUT2D eigenvalue weighted by Gasteiger charge is 2.05. The Morgan fingerprint density at radius 2 is 1.95 bits per heavy atom. The van der Waals surface area contributed by atoms with E-state index in [2.05, 4.69) is 27.5 Å². The van der Waals surface area contributed by atoms with Crippen LogP contribution in [0.15, 0.2) is 30.3 Å². The largest absolute Gasteiger partial charge is 0.495 e. The number of hydrogen-bond donors (Lipinski definition) is 3. The highest BCUT2D eigenvalue weighted by Crippen LogP contribution is 2.27. The molecule has 0 aliphatic carbocycles. The molecule has 0 aliphatic heterocycles. The quantitative estimate of drug-likeness (QED) is 0.750. The normalized spacial score (nSPS) is 10.1.